The molecule has 4 nitrogen and oxygen atoms in total. The molecule has 0 saturated heterocycles. The Morgan fingerprint density at radius 3 is 2.58 bits per heavy atom. The lowest BCUT2D eigenvalue weighted by atomic mass is 10.0. The number of fused-ring (bicyclic) bond motifs is 2. The van der Waals surface area contributed by atoms with Crippen LogP contribution in [0.5, 0.6) is 0 Å². The normalized spacial score (nSPS) is 18.3. The Balaban J connectivity index is 1.63. The van der Waals surface area contributed by atoms with Crippen molar-refractivity contribution in [3.63, 3.8) is 0 Å². The minimum absolute atomic E-state index is 0.380. The highest BCUT2D eigenvalue weighted by molar-refractivity contribution is 5.74. The molecule has 1 atom stereocenters. The van der Waals surface area contributed by atoms with Crippen LogP contribution in [0.3, 0.4) is 0 Å². The second kappa shape index (κ2) is 6.30. The van der Waals surface area contributed by atoms with Crippen LogP contribution in [-0.2, 0) is 13.1 Å². The molecule has 0 amide bonds. The molecule has 1 unspecified atom stereocenters. The molecule has 2 heterocycles. The Labute approximate surface area is 141 Å². The lowest BCUT2D eigenvalue weighted by Gasteiger charge is -2.20. The van der Waals surface area contributed by atoms with Crippen LogP contribution in [0.15, 0.2) is 48.5 Å². The largest absolute Gasteiger partial charge is 0.388 e. The summed E-state index contributed by atoms with van der Waals surface area (Å²) in [4.78, 5) is 11.8. The van der Waals surface area contributed by atoms with E-state index < -0.39 is 0 Å². The first kappa shape index (κ1) is 15.2. The lowest BCUT2D eigenvalue weighted by molar-refractivity contribution is 0.149. The minimum Gasteiger partial charge on any atom is -0.388 e. The second-order valence-corrected chi connectivity index (χ2v) is 6.46. The maximum absolute atomic E-state index is 10.4. The number of hydrogen-bond donors (Lipinski definition) is 1. The van der Waals surface area contributed by atoms with Gasteiger partial charge in [-0.25, -0.2) is 9.97 Å². The molecule has 2 aromatic carbocycles. The van der Waals surface area contributed by atoms with Crippen molar-refractivity contribution in [2.75, 3.05) is 6.54 Å². The third-order valence-corrected chi connectivity index (χ3v) is 4.74. The number of rotatable bonds is 2. The van der Waals surface area contributed by atoms with Crippen molar-refractivity contribution in [1.82, 2.24) is 14.9 Å². The van der Waals surface area contributed by atoms with E-state index in [2.05, 4.69) is 16.0 Å². The third-order valence-electron chi connectivity index (χ3n) is 4.74. The van der Waals surface area contributed by atoms with E-state index in [0.29, 0.717) is 0 Å². The summed E-state index contributed by atoms with van der Waals surface area (Å²) in [5, 5.41) is 10.4. The molecule has 0 spiro atoms. The molecule has 0 fully saturated rings. The molecule has 1 N–H and O–H groups in total. The lowest BCUT2D eigenvalue weighted by Crippen LogP contribution is -2.24. The summed E-state index contributed by atoms with van der Waals surface area (Å²) in [5.41, 5.74) is 6.13. The Hall–Kier alpha value is -2.30. The van der Waals surface area contributed by atoms with Gasteiger partial charge >= 0.3 is 0 Å². The molecule has 3 aromatic rings. The van der Waals surface area contributed by atoms with Gasteiger partial charge in [0.2, 0.25) is 0 Å². The molecule has 122 valence electrons. The second-order valence-electron chi connectivity index (χ2n) is 6.46. The van der Waals surface area contributed by atoms with Crippen molar-refractivity contribution < 1.29 is 5.11 Å². The first-order valence-corrected chi connectivity index (χ1v) is 8.41. The van der Waals surface area contributed by atoms with Gasteiger partial charge in [0.25, 0.3) is 0 Å². The van der Waals surface area contributed by atoms with Crippen LogP contribution in [0, 0.1) is 6.92 Å². The van der Waals surface area contributed by atoms with E-state index in [1.54, 1.807) is 0 Å². The number of hydrogen-bond acceptors (Lipinski definition) is 4. The fourth-order valence-electron chi connectivity index (χ4n) is 3.40. The summed E-state index contributed by atoms with van der Waals surface area (Å²) < 4.78 is 0. The van der Waals surface area contributed by atoms with Crippen LogP contribution < -0.4 is 0 Å². The number of aliphatic hydroxyl groups is 1. The van der Waals surface area contributed by atoms with Gasteiger partial charge in [-0.15, -0.1) is 0 Å². The van der Waals surface area contributed by atoms with E-state index in [9.17, 15) is 5.11 Å². The maximum Gasteiger partial charge on any atom is 0.0890 e. The molecule has 4 rings (SSSR count). The van der Waals surface area contributed by atoms with E-state index in [1.807, 2.05) is 49.4 Å². The smallest absolute Gasteiger partial charge is 0.0890 e. The van der Waals surface area contributed by atoms with Crippen LogP contribution in [0.25, 0.3) is 11.0 Å². The number of benzene rings is 2. The van der Waals surface area contributed by atoms with Gasteiger partial charge in [0.05, 0.1) is 28.5 Å². The van der Waals surface area contributed by atoms with Gasteiger partial charge < -0.3 is 5.11 Å². The molecule has 1 aliphatic heterocycles. The van der Waals surface area contributed by atoms with Gasteiger partial charge in [0, 0.05) is 19.6 Å². The maximum atomic E-state index is 10.4. The standard InChI is InChI=1S/C20H21N3O/c1-14-19(22-18-9-5-4-8-17(18)21-14)13-23-11-10-20(24)16-7-3-2-6-15(16)12-23/h2-9,20,24H,10-13H2,1H3. The number of aromatic nitrogens is 2. The average molecular weight is 319 g/mol. The quantitative estimate of drug-likeness (QED) is 0.787. The van der Waals surface area contributed by atoms with Gasteiger partial charge in [0.1, 0.15) is 0 Å². The Morgan fingerprint density at radius 2 is 1.75 bits per heavy atom. The Bertz CT molecular complexity index is 878. The molecule has 0 radical (unpaired) electrons. The van der Waals surface area contributed by atoms with Crippen molar-refractivity contribution in [2.45, 2.75) is 32.5 Å². The van der Waals surface area contributed by atoms with Crippen LogP contribution in [0.1, 0.15) is 35.0 Å². The van der Waals surface area contributed by atoms with Gasteiger partial charge in [-0.1, -0.05) is 36.4 Å². The Morgan fingerprint density at radius 1 is 1.04 bits per heavy atom. The number of nitrogens with zero attached hydrogens (tertiary/aromatic N) is 3. The molecule has 0 saturated carbocycles. The van der Waals surface area contributed by atoms with E-state index in [4.69, 9.17) is 4.98 Å². The summed E-state index contributed by atoms with van der Waals surface area (Å²) in [6.45, 7) is 4.46. The average Bonchev–Trinajstić information content (AvgIpc) is 2.75. The van der Waals surface area contributed by atoms with Crippen molar-refractivity contribution in [1.29, 1.82) is 0 Å². The van der Waals surface area contributed by atoms with E-state index in [1.165, 1.54) is 5.56 Å². The molecule has 1 aromatic heterocycles. The van der Waals surface area contributed by atoms with Gasteiger partial charge in [0.15, 0.2) is 0 Å². The zero-order chi connectivity index (χ0) is 16.5. The summed E-state index contributed by atoms with van der Waals surface area (Å²) in [7, 11) is 0. The summed E-state index contributed by atoms with van der Waals surface area (Å²) in [6.07, 6.45) is 0.367. The first-order chi connectivity index (χ1) is 11.7. The van der Waals surface area contributed by atoms with Crippen molar-refractivity contribution in [2.24, 2.45) is 0 Å². The van der Waals surface area contributed by atoms with E-state index in [-0.39, 0.29) is 6.10 Å². The molecular weight excluding hydrogens is 298 g/mol. The predicted octanol–water partition coefficient (Wildman–Crippen LogP) is 3.38. The molecule has 4 heteroatoms. The molecular formula is C20H21N3O. The van der Waals surface area contributed by atoms with Crippen LogP contribution in [-0.4, -0.2) is 26.5 Å². The van der Waals surface area contributed by atoms with Crippen LogP contribution in [0.2, 0.25) is 0 Å². The Kier molecular flexibility index (Phi) is 4.00. The zero-order valence-electron chi connectivity index (χ0n) is 13.8. The third kappa shape index (κ3) is 2.90. The van der Waals surface area contributed by atoms with Crippen molar-refractivity contribution in [3.05, 3.63) is 71.0 Å². The predicted molar refractivity (Wildman–Crippen MR) is 94.4 cm³/mol. The highest BCUT2D eigenvalue weighted by atomic mass is 16.3. The number of para-hydroxylation sites is 2. The minimum atomic E-state index is -0.380. The zero-order valence-corrected chi connectivity index (χ0v) is 13.8. The van der Waals surface area contributed by atoms with Gasteiger partial charge in [-0.2, -0.15) is 0 Å². The van der Waals surface area contributed by atoms with E-state index >= 15 is 0 Å². The van der Waals surface area contributed by atoms with Crippen LogP contribution >= 0.6 is 0 Å². The fraction of sp³-hybridized carbons (Fsp3) is 0.300. The summed E-state index contributed by atoms with van der Waals surface area (Å²) in [6, 6.07) is 16.2. The molecule has 0 bridgehead atoms. The highest BCUT2D eigenvalue weighted by Gasteiger charge is 2.21. The fourth-order valence-corrected chi connectivity index (χ4v) is 3.40. The van der Waals surface area contributed by atoms with Gasteiger partial charge in [-0.05, 0) is 36.6 Å². The van der Waals surface area contributed by atoms with E-state index in [0.717, 1.165) is 54.0 Å². The SMILES string of the molecule is Cc1nc2ccccc2nc1CN1CCC(O)c2ccccc2C1. The van der Waals surface area contributed by atoms with Crippen molar-refractivity contribution >= 4 is 11.0 Å². The topological polar surface area (TPSA) is 49.2 Å². The first-order valence-electron chi connectivity index (χ1n) is 8.41. The van der Waals surface area contributed by atoms with Gasteiger partial charge in [-0.3, -0.25) is 4.90 Å². The monoisotopic (exact) mass is 319 g/mol. The molecule has 0 aliphatic carbocycles. The number of aryl methyl sites for hydroxylation is 1. The molecule has 1 aliphatic rings. The molecule has 24 heavy (non-hydrogen) atoms. The van der Waals surface area contributed by atoms with Crippen molar-refractivity contribution in [3.8, 4) is 0 Å². The summed E-state index contributed by atoms with van der Waals surface area (Å²) >= 11 is 0. The number of aliphatic hydroxyl groups excluding tert-OH is 1. The highest BCUT2D eigenvalue weighted by Crippen LogP contribution is 2.27. The van der Waals surface area contributed by atoms with Crippen LogP contribution in [0.4, 0.5) is 0 Å². The summed E-state index contributed by atoms with van der Waals surface area (Å²) in [5.74, 6) is 0.